The average molecular weight is 769 g/mol. The van der Waals surface area contributed by atoms with Crippen molar-refractivity contribution in [2.45, 2.75) is 56.9 Å². The van der Waals surface area contributed by atoms with E-state index in [1.165, 1.54) is 75.8 Å². The van der Waals surface area contributed by atoms with Crippen LogP contribution in [0.15, 0.2) is 184 Å². The third-order valence-electron chi connectivity index (χ3n) is 12.6. The maximum Gasteiger partial charge on any atom is 0.139 e. The standard InChI is InChI=1S/C54H44N2OS/c1-4-15-35(16-5-1)37-27-29-38(30-28-37)47-23-14-24-48(56-54(55-47)39-19-8-3-9-20-39)43-32-31-42(52-51(43)44-22-10-12-25-49(44)57-52)46-34-40(36-17-6-2-7-18-36)33-45-41-21-11-13-26-50(41)58-53(45)46/h1-13,15-19,21-22,25-27,29,31,33-34,39,43,47H,14,20,23-24,28,30,32H2/b55-54-,56-48+. The van der Waals surface area contributed by atoms with Crippen molar-refractivity contribution in [1.29, 1.82) is 0 Å². The molecule has 3 unspecified atom stereocenters. The Hall–Kier alpha value is -6.10. The molecule has 11 rings (SSSR count). The molecule has 3 heterocycles. The SMILES string of the molecule is C1=CCC(C2=N/C(C3=CC=C(c4ccccc4)CC3)CCC/C(C3CC=C(c4cc(-c5ccccc5)cc5c4sc4ccccc45)c4oc5ccccc5c43)=N\2)C=C1. The molecule has 1 aliphatic heterocycles. The molecule has 0 radical (unpaired) electrons. The fourth-order valence-electron chi connectivity index (χ4n) is 9.64. The van der Waals surface area contributed by atoms with E-state index in [9.17, 15) is 0 Å². The first kappa shape index (κ1) is 35.1. The molecule has 0 saturated carbocycles. The first-order valence-corrected chi connectivity index (χ1v) is 21.7. The quantitative estimate of drug-likeness (QED) is 0.166. The molecular weight excluding hydrogens is 725 g/mol. The van der Waals surface area contributed by atoms with Crippen LogP contribution in [0, 0.1) is 5.92 Å². The van der Waals surface area contributed by atoms with Crippen LogP contribution in [0.2, 0.25) is 0 Å². The van der Waals surface area contributed by atoms with Crippen molar-refractivity contribution in [3.05, 3.63) is 192 Å². The van der Waals surface area contributed by atoms with Gasteiger partial charge in [0.05, 0.1) is 6.04 Å². The molecule has 3 aliphatic carbocycles. The Labute approximate surface area is 343 Å². The van der Waals surface area contributed by atoms with Crippen molar-refractivity contribution in [3.63, 3.8) is 0 Å². The van der Waals surface area contributed by atoms with Crippen LogP contribution in [-0.4, -0.2) is 17.6 Å². The van der Waals surface area contributed by atoms with E-state index in [1.807, 2.05) is 11.3 Å². The molecule has 0 N–H and O–H groups in total. The first-order valence-electron chi connectivity index (χ1n) is 20.9. The zero-order valence-corrected chi connectivity index (χ0v) is 33.3. The van der Waals surface area contributed by atoms with Crippen LogP contribution in [-0.2, 0) is 0 Å². The largest absolute Gasteiger partial charge is 0.456 e. The second-order valence-corrected chi connectivity index (χ2v) is 17.1. The van der Waals surface area contributed by atoms with Gasteiger partial charge < -0.3 is 4.42 Å². The molecule has 3 nitrogen and oxygen atoms in total. The van der Waals surface area contributed by atoms with E-state index < -0.39 is 0 Å². The molecule has 0 fully saturated rings. The summed E-state index contributed by atoms with van der Waals surface area (Å²) in [6, 6.07) is 44.0. The highest BCUT2D eigenvalue weighted by Crippen LogP contribution is 2.49. The Bertz CT molecular complexity index is 2930. The normalized spacial score (nSPS) is 22.6. The van der Waals surface area contributed by atoms with Crippen molar-refractivity contribution in [2.24, 2.45) is 15.9 Å². The maximum absolute atomic E-state index is 7.00. The number of hydrogen-bond donors (Lipinski definition) is 0. The number of furan rings is 1. The Kier molecular flexibility index (Phi) is 9.08. The lowest BCUT2D eigenvalue weighted by Crippen LogP contribution is -2.25. The van der Waals surface area contributed by atoms with E-state index in [2.05, 4.69) is 164 Å². The second kappa shape index (κ2) is 15.0. The number of fused-ring (bicyclic) bond motifs is 6. The van der Waals surface area contributed by atoms with Gasteiger partial charge in [-0.05, 0) is 97.0 Å². The summed E-state index contributed by atoms with van der Waals surface area (Å²) in [5.41, 5.74) is 12.5. The van der Waals surface area contributed by atoms with E-state index in [4.69, 9.17) is 14.4 Å². The van der Waals surface area contributed by atoms with Crippen molar-refractivity contribution in [3.8, 4) is 11.1 Å². The predicted molar refractivity (Wildman–Crippen MR) is 246 cm³/mol. The number of rotatable bonds is 6. The minimum absolute atomic E-state index is 0.104. The lowest BCUT2D eigenvalue weighted by molar-refractivity contribution is 0.586. The van der Waals surface area contributed by atoms with Crippen LogP contribution in [0.1, 0.15) is 73.3 Å². The van der Waals surface area contributed by atoms with Crippen LogP contribution >= 0.6 is 11.3 Å². The molecule has 0 saturated heterocycles. The molecule has 2 aromatic heterocycles. The van der Waals surface area contributed by atoms with E-state index >= 15 is 0 Å². The molecular formula is C54H44N2OS. The summed E-state index contributed by atoms with van der Waals surface area (Å²) in [5, 5.41) is 3.79. The van der Waals surface area contributed by atoms with Crippen molar-refractivity contribution in [2.75, 3.05) is 0 Å². The van der Waals surface area contributed by atoms with Crippen molar-refractivity contribution < 1.29 is 4.42 Å². The van der Waals surface area contributed by atoms with Gasteiger partial charge in [-0.2, -0.15) is 0 Å². The highest BCUT2D eigenvalue weighted by atomic mass is 32.1. The Morgan fingerprint density at radius 1 is 0.672 bits per heavy atom. The van der Waals surface area contributed by atoms with Gasteiger partial charge in [-0.3, -0.25) is 4.99 Å². The number of hydrogen-bond acceptors (Lipinski definition) is 4. The summed E-state index contributed by atoms with van der Waals surface area (Å²) in [4.78, 5) is 11.3. The number of thiophene rings is 1. The van der Waals surface area contributed by atoms with Crippen LogP contribution in [0.3, 0.4) is 0 Å². The molecule has 58 heavy (non-hydrogen) atoms. The summed E-state index contributed by atoms with van der Waals surface area (Å²) in [6.07, 6.45) is 22.9. The van der Waals surface area contributed by atoms with Crippen LogP contribution in [0.25, 0.3) is 53.4 Å². The van der Waals surface area contributed by atoms with Gasteiger partial charge in [-0.1, -0.05) is 140 Å². The first-order chi connectivity index (χ1) is 28.7. The van der Waals surface area contributed by atoms with Crippen LogP contribution in [0.5, 0.6) is 0 Å². The van der Waals surface area contributed by atoms with E-state index in [1.54, 1.807) is 0 Å². The molecule has 4 aliphatic rings. The van der Waals surface area contributed by atoms with Gasteiger partial charge >= 0.3 is 0 Å². The topological polar surface area (TPSA) is 37.9 Å². The molecule has 4 heteroatoms. The molecule has 282 valence electrons. The molecule has 7 aromatic rings. The lowest BCUT2D eigenvalue weighted by atomic mass is 9.79. The summed E-state index contributed by atoms with van der Waals surface area (Å²) >= 11 is 1.89. The Morgan fingerprint density at radius 3 is 2.28 bits per heavy atom. The van der Waals surface area contributed by atoms with E-state index in [-0.39, 0.29) is 17.9 Å². The number of benzene rings is 5. The van der Waals surface area contributed by atoms with E-state index in [0.717, 1.165) is 62.1 Å². The van der Waals surface area contributed by atoms with Crippen LogP contribution in [0.4, 0.5) is 0 Å². The Balaban J connectivity index is 1.03. The Morgan fingerprint density at radius 2 is 1.47 bits per heavy atom. The molecule has 3 atom stereocenters. The zero-order valence-electron chi connectivity index (χ0n) is 32.5. The minimum Gasteiger partial charge on any atom is -0.456 e. The summed E-state index contributed by atoms with van der Waals surface area (Å²) in [5.74, 6) is 2.23. The van der Waals surface area contributed by atoms with E-state index in [0.29, 0.717) is 0 Å². The lowest BCUT2D eigenvalue weighted by Gasteiger charge is -2.28. The zero-order chi connectivity index (χ0) is 38.4. The summed E-state index contributed by atoms with van der Waals surface area (Å²) in [7, 11) is 0. The average Bonchev–Trinajstić information content (AvgIpc) is 3.86. The van der Waals surface area contributed by atoms with Gasteiger partial charge in [-0.25, -0.2) is 4.99 Å². The van der Waals surface area contributed by atoms with Gasteiger partial charge in [-0.15, -0.1) is 11.3 Å². The fourth-order valence-corrected chi connectivity index (χ4v) is 10.9. The number of amidine groups is 1. The van der Waals surface area contributed by atoms with Gasteiger partial charge in [0.1, 0.15) is 17.2 Å². The summed E-state index contributed by atoms with van der Waals surface area (Å²) < 4.78 is 9.61. The predicted octanol–water partition coefficient (Wildman–Crippen LogP) is 14.7. The minimum atomic E-state index is 0.104. The van der Waals surface area contributed by atoms with Crippen LogP contribution < -0.4 is 0 Å². The fraction of sp³-hybridized carbons (Fsp3) is 0.185. The second-order valence-electron chi connectivity index (χ2n) is 16.1. The smallest absolute Gasteiger partial charge is 0.139 e. The highest BCUT2D eigenvalue weighted by molar-refractivity contribution is 7.26. The van der Waals surface area contributed by atoms with Gasteiger partial charge in [0, 0.05) is 59.8 Å². The number of allylic oxidation sites excluding steroid dienone is 7. The van der Waals surface area contributed by atoms with Crippen molar-refractivity contribution in [1.82, 2.24) is 0 Å². The van der Waals surface area contributed by atoms with Crippen molar-refractivity contribution >= 4 is 65.2 Å². The molecule has 5 aromatic carbocycles. The third kappa shape index (κ3) is 6.37. The van der Waals surface area contributed by atoms with Gasteiger partial charge in [0.2, 0.25) is 0 Å². The summed E-state index contributed by atoms with van der Waals surface area (Å²) in [6.45, 7) is 0. The third-order valence-corrected chi connectivity index (χ3v) is 13.8. The molecule has 0 spiro atoms. The number of nitrogens with zero attached hydrogens (tertiary/aromatic N) is 2. The molecule has 0 bridgehead atoms. The highest BCUT2D eigenvalue weighted by Gasteiger charge is 2.34. The monoisotopic (exact) mass is 768 g/mol. The van der Waals surface area contributed by atoms with Gasteiger partial charge in [0.25, 0.3) is 0 Å². The maximum atomic E-state index is 7.00. The molecule has 0 amide bonds. The number of para-hydroxylation sites is 1. The number of aliphatic imine (C=N–C) groups is 2. The van der Waals surface area contributed by atoms with Gasteiger partial charge in [0.15, 0.2) is 0 Å².